The zero-order valence-corrected chi connectivity index (χ0v) is 8.13. The third kappa shape index (κ3) is 2.59. The number of hydrogen-bond acceptors (Lipinski definition) is 1. The highest BCUT2D eigenvalue weighted by Gasteiger charge is 2.10. The Labute approximate surface area is 79.9 Å². The van der Waals surface area contributed by atoms with Crippen molar-refractivity contribution >= 4 is 0 Å². The van der Waals surface area contributed by atoms with Gasteiger partial charge >= 0.3 is 0 Å². The van der Waals surface area contributed by atoms with Crippen molar-refractivity contribution in [2.24, 2.45) is 0 Å². The van der Waals surface area contributed by atoms with E-state index in [1.165, 1.54) is 51.0 Å². The number of H-pyrrole nitrogens is 1. The maximum Gasteiger partial charge on any atom is 0.0147 e. The molecule has 2 nitrogen and oxygen atoms in total. The van der Waals surface area contributed by atoms with Crippen LogP contribution < -0.4 is 0 Å². The number of aryl methyl sites for hydroxylation is 1. The molecule has 2 heteroatoms. The molecule has 0 spiro atoms. The summed E-state index contributed by atoms with van der Waals surface area (Å²) in [6.07, 6.45) is 7.31. The Morgan fingerprint density at radius 3 is 2.85 bits per heavy atom. The molecular formula is C11H18N2. The Hall–Kier alpha value is -0.760. The van der Waals surface area contributed by atoms with Crippen LogP contribution in [0.25, 0.3) is 0 Å². The van der Waals surface area contributed by atoms with Crippen LogP contribution >= 0.6 is 0 Å². The zero-order chi connectivity index (χ0) is 8.93. The molecule has 0 unspecified atom stereocenters. The van der Waals surface area contributed by atoms with Gasteiger partial charge in [0.1, 0.15) is 0 Å². The highest BCUT2D eigenvalue weighted by Crippen LogP contribution is 2.08. The standard InChI is InChI=1S/C11H18N2/c1-2-9-13(8-1)10-4-6-11-5-3-7-12-11/h3,5,7,12H,1-2,4,6,8-10H2. The second-order valence-electron chi connectivity index (χ2n) is 3.85. The number of rotatable bonds is 4. The van der Waals surface area contributed by atoms with Gasteiger partial charge in [-0.3, -0.25) is 0 Å². The molecule has 1 aromatic heterocycles. The highest BCUT2D eigenvalue weighted by atomic mass is 15.1. The van der Waals surface area contributed by atoms with Gasteiger partial charge in [-0.05, 0) is 57.5 Å². The van der Waals surface area contributed by atoms with Crippen LogP contribution in [-0.2, 0) is 6.42 Å². The van der Waals surface area contributed by atoms with E-state index >= 15 is 0 Å². The van der Waals surface area contributed by atoms with E-state index in [2.05, 4.69) is 22.0 Å². The van der Waals surface area contributed by atoms with Crippen molar-refractivity contribution in [2.45, 2.75) is 25.7 Å². The summed E-state index contributed by atoms with van der Waals surface area (Å²) in [4.78, 5) is 5.82. The largest absolute Gasteiger partial charge is 0.365 e. The van der Waals surface area contributed by atoms with Gasteiger partial charge in [0.2, 0.25) is 0 Å². The van der Waals surface area contributed by atoms with Crippen molar-refractivity contribution in [3.8, 4) is 0 Å². The van der Waals surface area contributed by atoms with Gasteiger partial charge in [-0.15, -0.1) is 0 Å². The lowest BCUT2D eigenvalue weighted by Gasteiger charge is -2.13. The molecular weight excluding hydrogens is 160 g/mol. The Kier molecular flexibility index (Phi) is 3.03. The van der Waals surface area contributed by atoms with Crippen molar-refractivity contribution in [1.82, 2.24) is 9.88 Å². The third-order valence-corrected chi connectivity index (χ3v) is 2.78. The van der Waals surface area contributed by atoms with Crippen molar-refractivity contribution in [3.05, 3.63) is 24.0 Å². The van der Waals surface area contributed by atoms with Crippen LogP contribution in [-0.4, -0.2) is 29.5 Å². The third-order valence-electron chi connectivity index (χ3n) is 2.78. The first kappa shape index (κ1) is 8.82. The summed E-state index contributed by atoms with van der Waals surface area (Å²) in [5.41, 5.74) is 1.37. The predicted octanol–water partition coefficient (Wildman–Crippen LogP) is 2.04. The second-order valence-corrected chi connectivity index (χ2v) is 3.85. The smallest absolute Gasteiger partial charge is 0.0147 e. The van der Waals surface area contributed by atoms with E-state index in [0.29, 0.717) is 0 Å². The van der Waals surface area contributed by atoms with Crippen LogP contribution in [0.3, 0.4) is 0 Å². The van der Waals surface area contributed by atoms with Gasteiger partial charge in [0.15, 0.2) is 0 Å². The molecule has 1 fully saturated rings. The molecule has 0 aliphatic carbocycles. The maximum atomic E-state index is 3.24. The molecule has 0 aromatic carbocycles. The van der Waals surface area contributed by atoms with Crippen LogP contribution in [0.1, 0.15) is 25.0 Å². The van der Waals surface area contributed by atoms with Crippen LogP contribution in [0.5, 0.6) is 0 Å². The lowest BCUT2D eigenvalue weighted by molar-refractivity contribution is 0.333. The van der Waals surface area contributed by atoms with Crippen molar-refractivity contribution in [3.63, 3.8) is 0 Å². The van der Waals surface area contributed by atoms with Gasteiger partial charge in [0.25, 0.3) is 0 Å². The molecule has 0 atom stereocenters. The van der Waals surface area contributed by atoms with Crippen LogP contribution in [0, 0.1) is 0 Å². The Morgan fingerprint density at radius 1 is 1.31 bits per heavy atom. The van der Waals surface area contributed by atoms with Crippen LogP contribution in [0.15, 0.2) is 18.3 Å². The molecule has 72 valence electrons. The Bertz CT molecular complexity index is 222. The minimum Gasteiger partial charge on any atom is -0.365 e. The molecule has 2 rings (SSSR count). The average molecular weight is 178 g/mol. The number of nitrogens with zero attached hydrogens (tertiary/aromatic N) is 1. The first-order chi connectivity index (χ1) is 6.45. The Balaban J connectivity index is 1.63. The minimum atomic E-state index is 1.20. The fraction of sp³-hybridized carbons (Fsp3) is 0.636. The van der Waals surface area contributed by atoms with E-state index < -0.39 is 0 Å². The minimum absolute atomic E-state index is 1.20. The van der Waals surface area contributed by atoms with Gasteiger partial charge in [-0.1, -0.05) is 0 Å². The molecule has 0 radical (unpaired) electrons. The molecule has 1 aliphatic rings. The summed E-state index contributed by atoms with van der Waals surface area (Å²) in [6, 6.07) is 4.25. The summed E-state index contributed by atoms with van der Waals surface area (Å²) in [5.74, 6) is 0. The van der Waals surface area contributed by atoms with Gasteiger partial charge in [0, 0.05) is 11.9 Å². The molecule has 1 N–H and O–H groups in total. The molecule has 1 aromatic rings. The van der Waals surface area contributed by atoms with E-state index in [-0.39, 0.29) is 0 Å². The van der Waals surface area contributed by atoms with Crippen molar-refractivity contribution in [2.75, 3.05) is 19.6 Å². The van der Waals surface area contributed by atoms with E-state index in [0.717, 1.165) is 0 Å². The van der Waals surface area contributed by atoms with E-state index in [1.54, 1.807) is 0 Å². The molecule has 13 heavy (non-hydrogen) atoms. The molecule has 0 amide bonds. The molecule has 1 aliphatic heterocycles. The number of aromatic amines is 1. The van der Waals surface area contributed by atoms with E-state index in [4.69, 9.17) is 0 Å². The van der Waals surface area contributed by atoms with Crippen molar-refractivity contribution in [1.29, 1.82) is 0 Å². The van der Waals surface area contributed by atoms with Crippen molar-refractivity contribution < 1.29 is 0 Å². The van der Waals surface area contributed by atoms with E-state index in [9.17, 15) is 0 Å². The van der Waals surface area contributed by atoms with E-state index in [1.807, 2.05) is 6.20 Å². The SMILES string of the molecule is c1c[nH]c(CCCN2CCCC2)c1. The normalized spacial score (nSPS) is 18.2. The average Bonchev–Trinajstić information content (AvgIpc) is 2.75. The van der Waals surface area contributed by atoms with Crippen LogP contribution in [0.4, 0.5) is 0 Å². The molecule has 0 saturated carbocycles. The Morgan fingerprint density at radius 2 is 2.15 bits per heavy atom. The van der Waals surface area contributed by atoms with Gasteiger partial charge in [-0.25, -0.2) is 0 Å². The molecule has 1 saturated heterocycles. The lowest BCUT2D eigenvalue weighted by Crippen LogP contribution is -2.20. The second kappa shape index (κ2) is 4.47. The van der Waals surface area contributed by atoms with Crippen LogP contribution in [0.2, 0.25) is 0 Å². The maximum absolute atomic E-state index is 3.24. The summed E-state index contributed by atoms with van der Waals surface area (Å²) in [6.45, 7) is 3.93. The number of nitrogens with one attached hydrogen (secondary N) is 1. The summed E-state index contributed by atoms with van der Waals surface area (Å²) in [5, 5.41) is 0. The molecule has 2 heterocycles. The fourth-order valence-corrected chi connectivity index (χ4v) is 2.02. The quantitative estimate of drug-likeness (QED) is 0.747. The first-order valence-electron chi connectivity index (χ1n) is 5.30. The topological polar surface area (TPSA) is 19.0 Å². The summed E-state index contributed by atoms with van der Waals surface area (Å²) in [7, 11) is 0. The summed E-state index contributed by atoms with van der Waals surface area (Å²) < 4.78 is 0. The number of hydrogen-bond donors (Lipinski definition) is 1. The predicted molar refractivity (Wildman–Crippen MR) is 54.8 cm³/mol. The summed E-state index contributed by atoms with van der Waals surface area (Å²) >= 11 is 0. The first-order valence-corrected chi connectivity index (χ1v) is 5.30. The van der Waals surface area contributed by atoms with Gasteiger partial charge in [0.05, 0.1) is 0 Å². The van der Waals surface area contributed by atoms with Gasteiger partial charge < -0.3 is 9.88 Å². The lowest BCUT2D eigenvalue weighted by atomic mass is 10.2. The number of aromatic nitrogens is 1. The monoisotopic (exact) mass is 178 g/mol. The fourth-order valence-electron chi connectivity index (χ4n) is 2.02. The van der Waals surface area contributed by atoms with Gasteiger partial charge in [-0.2, -0.15) is 0 Å². The zero-order valence-electron chi connectivity index (χ0n) is 8.13. The number of likely N-dealkylation sites (tertiary alicyclic amines) is 1. The molecule has 0 bridgehead atoms. The highest BCUT2D eigenvalue weighted by molar-refractivity contribution is 5.03.